The van der Waals surface area contributed by atoms with E-state index in [-0.39, 0.29) is 0 Å². The van der Waals surface area contributed by atoms with Crippen molar-refractivity contribution in [2.45, 2.75) is 57.5 Å². The van der Waals surface area contributed by atoms with Gasteiger partial charge in [-0.25, -0.2) is 0 Å². The van der Waals surface area contributed by atoms with E-state index in [0.29, 0.717) is 11.6 Å². The summed E-state index contributed by atoms with van der Waals surface area (Å²) in [5, 5.41) is 5.81. The molecule has 1 aromatic heterocycles. The predicted molar refractivity (Wildman–Crippen MR) is 92.7 cm³/mol. The monoisotopic (exact) mass is 358 g/mol. The number of halogens is 1. The van der Waals surface area contributed by atoms with Gasteiger partial charge in [-0.15, -0.1) is 11.3 Å². The minimum Gasteiger partial charge on any atom is -0.315 e. The maximum Gasteiger partial charge on any atom is 0.0360 e. The van der Waals surface area contributed by atoms with Gasteiger partial charge >= 0.3 is 0 Å². The van der Waals surface area contributed by atoms with Crippen LogP contribution in [0.4, 0.5) is 0 Å². The quantitative estimate of drug-likeness (QED) is 0.781. The number of likely N-dealkylation sites (N-methyl/N-ethyl adjacent to an activating group) is 1. The molecule has 0 spiro atoms. The molecule has 1 atom stereocenters. The topological polar surface area (TPSA) is 15.3 Å². The van der Waals surface area contributed by atoms with E-state index < -0.39 is 0 Å². The van der Waals surface area contributed by atoms with Crippen molar-refractivity contribution in [3.05, 3.63) is 20.8 Å². The summed E-state index contributed by atoms with van der Waals surface area (Å²) in [7, 11) is 2.13. The standard InChI is InChI=1S/C16H27BrN2S/c1-4-16(5-2,19-9-6-7-10-19)15(18-3)12-14-13(17)8-11-20-14/h8,11,15,18H,4-7,9-10,12H2,1-3H3. The van der Waals surface area contributed by atoms with Gasteiger partial charge in [-0.3, -0.25) is 4.90 Å². The van der Waals surface area contributed by atoms with Crippen LogP contribution in [0.2, 0.25) is 0 Å². The molecule has 4 heteroatoms. The van der Waals surface area contributed by atoms with E-state index in [9.17, 15) is 0 Å². The predicted octanol–water partition coefficient (Wildman–Crippen LogP) is 4.30. The van der Waals surface area contributed by atoms with E-state index in [0.717, 1.165) is 6.42 Å². The summed E-state index contributed by atoms with van der Waals surface area (Å²) < 4.78 is 1.27. The fourth-order valence-corrected chi connectivity index (χ4v) is 5.35. The van der Waals surface area contributed by atoms with Gasteiger partial charge in [0.05, 0.1) is 0 Å². The van der Waals surface area contributed by atoms with Crippen LogP contribution >= 0.6 is 27.3 Å². The van der Waals surface area contributed by atoms with Crippen molar-refractivity contribution in [2.75, 3.05) is 20.1 Å². The Morgan fingerprint density at radius 3 is 2.45 bits per heavy atom. The van der Waals surface area contributed by atoms with Gasteiger partial charge in [0, 0.05) is 20.9 Å². The van der Waals surface area contributed by atoms with Crippen LogP contribution in [0.15, 0.2) is 15.9 Å². The van der Waals surface area contributed by atoms with E-state index in [4.69, 9.17) is 0 Å². The Balaban J connectivity index is 2.22. The van der Waals surface area contributed by atoms with E-state index in [1.165, 1.54) is 48.1 Å². The molecule has 0 radical (unpaired) electrons. The van der Waals surface area contributed by atoms with Crippen LogP contribution in [0, 0.1) is 0 Å². The minimum atomic E-state index is 0.300. The Hall–Kier alpha value is 0.1000. The molecular formula is C16H27BrN2S. The summed E-state index contributed by atoms with van der Waals surface area (Å²) in [6, 6.07) is 2.69. The largest absolute Gasteiger partial charge is 0.315 e. The molecule has 2 heterocycles. The van der Waals surface area contributed by atoms with Crippen LogP contribution in [0.25, 0.3) is 0 Å². The van der Waals surface area contributed by atoms with Crippen molar-refractivity contribution in [3.63, 3.8) is 0 Å². The second-order valence-corrected chi connectivity index (χ2v) is 7.60. The van der Waals surface area contributed by atoms with Gasteiger partial charge in [-0.2, -0.15) is 0 Å². The minimum absolute atomic E-state index is 0.300. The summed E-state index contributed by atoms with van der Waals surface area (Å²) in [6.07, 6.45) is 6.28. The van der Waals surface area contributed by atoms with Crippen molar-refractivity contribution in [1.29, 1.82) is 0 Å². The molecule has 20 heavy (non-hydrogen) atoms. The average Bonchev–Trinajstić information content (AvgIpc) is 3.12. The van der Waals surface area contributed by atoms with Crippen LogP contribution in [0.3, 0.4) is 0 Å². The lowest BCUT2D eigenvalue weighted by Crippen LogP contribution is -2.60. The third-order valence-corrected chi connectivity index (χ3v) is 6.99. The first-order valence-electron chi connectivity index (χ1n) is 7.82. The number of rotatable bonds is 7. The Kier molecular flexibility index (Phi) is 6.09. The fourth-order valence-electron chi connectivity index (χ4n) is 3.79. The highest BCUT2D eigenvalue weighted by Gasteiger charge is 2.41. The Morgan fingerprint density at radius 2 is 2.00 bits per heavy atom. The first kappa shape index (κ1) is 16.5. The van der Waals surface area contributed by atoms with Gasteiger partial charge in [-0.1, -0.05) is 13.8 Å². The average molecular weight is 359 g/mol. The molecule has 1 aromatic rings. The summed E-state index contributed by atoms with van der Waals surface area (Å²) >= 11 is 5.55. The number of hydrogen-bond donors (Lipinski definition) is 1. The third kappa shape index (κ3) is 3.13. The highest BCUT2D eigenvalue weighted by atomic mass is 79.9. The zero-order chi connectivity index (χ0) is 14.6. The summed E-state index contributed by atoms with van der Waals surface area (Å²) in [5.41, 5.74) is 0.300. The molecule has 1 unspecified atom stereocenters. The highest BCUT2D eigenvalue weighted by Crippen LogP contribution is 2.35. The SMILES string of the molecule is CCC(CC)(C(Cc1sccc1Br)NC)N1CCCC1. The molecule has 1 N–H and O–H groups in total. The Bertz CT molecular complexity index is 408. The van der Waals surface area contributed by atoms with Crippen LogP contribution in [-0.4, -0.2) is 36.6 Å². The zero-order valence-corrected chi connectivity index (χ0v) is 15.3. The van der Waals surface area contributed by atoms with E-state index in [1.54, 1.807) is 0 Å². The molecule has 1 aliphatic rings. The molecular weight excluding hydrogens is 332 g/mol. The van der Waals surface area contributed by atoms with Gasteiger partial charge < -0.3 is 5.32 Å². The highest BCUT2D eigenvalue weighted by molar-refractivity contribution is 9.10. The van der Waals surface area contributed by atoms with Crippen molar-refractivity contribution < 1.29 is 0 Å². The number of hydrogen-bond acceptors (Lipinski definition) is 3. The number of thiophene rings is 1. The van der Waals surface area contributed by atoms with Gasteiger partial charge in [0.2, 0.25) is 0 Å². The molecule has 0 saturated carbocycles. The van der Waals surface area contributed by atoms with Crippen molar-refractivity contribution in [1.82, 2.24) is 10.2 Å². The molecule has 0 aromatic carbocycles. The molecule has 2 rings (SSSR count). The fraction of sp³-hybridized carbons (Fsp3) is 0.750. The maximum atomic E-state index is 3.69. The number of likely N-dealkylation sites (tertiary alicyclic amines) is 1. The van der Waals surface area contributed by atoms with Crippen molar-refractivity contribution >= 4 is 27.3 Å². The molecule has 1 saturated heterocycles. The van der Waals surface area contributed by atoms with Crippen molar-refractivity contribution in [2.24, 2.45) is 0 Å². The lowest BCUT2D eigenvalue weighted by Gasteiger charge is -2.47. The number of nitrogens with zero attached hydrogens (tertiary/aromatic N) is 1. The molecule has 0 aliphatic carbocycles. The summed E-state index contributed by atoms with van der Waals surface area (Å²) in [5.74, 6) is 0. The van der Waals surface area contributed by atoms with E-state index >= 15 is 0 Å². The van der Waals surface area contributed by atoms with Gasteiger partial charge in [0.15, 0.2) is 0 Å². The lowest BCUT2D eigenvalue weighted by molar-refractivity contribution is 0.0653. The maximum absolute atomic E-state index is 3.69. The third-order valence-electron chi connectivity index (χ3n) is 5.04. The molecule has 2 nitrogen and oxygen atoms in total. The van der Waals surface area contributed by atoms with Gasteiger partial charge in [-0.05, 0) is 79.6 Å². The van der Waals surface area contributed by atoms with Crippen LogP contribution in [0.5, 0.6) is 0 Å². The van der Waals surface area contributed by atoms with Crippen LogP contribution in [-0.2, 0) is 6.42 Å². The second kappa shape index (κ2) is 7.39. The Morgan fingerprint density at radius 1 is 1.35 bits per heavy atom. The Labute approximate surface area is 136 Å². The first-order valence-corrected chi connectivity index (χ1v) is 9.49. The molecule has 0 amide bonds. The van der Waals surface area contributed by atoms with E-state index in [1.807, 2.05) is 11.3 Å². The van der Waals surface area contributed by atoms with E-state index in [2.05, 4.69) is 58.5 Å². The smallest absolute Gasteiger partial charge is 0.0360 e. The molecule has 114 valence electrons. The molecule has 1 aliphatic heterocycles. The normalized spacial score (nSPS) is 18.6. The van der Waals surface area contributed by atoms with Crippen molar-refractivity contribution in [3.8, 4) is 0 Å². The summed E-state index contributed by atoms with van der Waals surface area (Å²) in [6.45, 7) is 7.25. The molecule has 0 bridgehead atoms. The molecule has 1 fully saturated rings. The van der Waals surface area contributed by atoms with Gasteiger partial charge in [0.1, 0.15) is 0 Å². The van der Waals surface area contributed by atoms with Crippen LogP contribution in [0.1, 0.15) is 44.4 Å². The zero-order valence-electron chi connectivity index (χ0n) is 12.9. The second-order valence-electron chi connectivity index (χ2n) is 5.74. The number of nitrogens with one attached hydrogen (secondary N) is 1. The first-order chi connectivity index (χ1) is 9.67. The lowest BCUT2D eigenvalue weighted by atomic mass is 9.81. The van der Waals surface area contributed by atoms with Crippen LogP contribution < -0.4 is 5.32 Å². The van der Waals surface area contributed by atoms with Gasteiger partial charge in [0.25, 0.3) is 0 Å². The summed E-state index contributed by atoms with van der Waals surface area (Å²) in [4.78, 5) is 4.21.